The number of hydrogen-bond donors (Lipinski definition) is 0. The van der Waals surface area contributed by atoms with E-state index in [0.29, 0.717) is 17.2 Å². The second kappa shape index (κ2) is 8.60. The number of carbonyl (C=O) groups is 5. The molecule has 4 amide bonds. The van der Waals surface area contributed by atoms with Crippen LogP contribution >= 0.6 is 0 Å². The average molecular weight is 384 g/mol. The van der Waals surface area contributed by atoms with Gasteiger partial charge in [-0.05, 0) is 37.0 Å². The van der Waals surface area contributed by atoms with Crippen LogP contribution in [0, 0.1) is 0 Å². The number of imide groups is 2. The highest BCUT2D eigenvalue weighted by Crippen LogP contribution is 2.20. The molecular formula is C20H20N2O6. The third-order valence-electron chi connectivity index (χ3n) is 4.55. The number of nitrogens with zero attached hydrogens (tertiary/aromatic N) is 2. The number of benzene rings is 1. The van der Waals surface area contributed by atoms with Gasteiger partial charge in [0, 0.05) is 31.4 Å². The number of hydrogen-bond acceptors (Lipinski definition) is 6. The Labute approximate surface area is 161 Å². The number of rotatable bonds is 8. The molecule has 0 saturated carbocycles. The first kappa shape index (κ1) is 19.5. The van der Waals surface area contributed by atoms with Gasteiger partial charge in [-0.1, -0.05) is 18.6 Å². The molecule has 0 atom stereocenters. The Bertz CT molecular complexity index is 809. The zero-order valence-corrected chi connectivity index (χ0v) is 15.3. The van der Waals surface area contributed by atoms with Crippen LogP contribution in [0.2, 0.25) is 0 Å². The fourth-order valence-corrected chi connectivity index (χ4v) is 3.05. The highest BCUT2D eigenvalue weighted by atomic mass is 16.7. The molecule has 2 aliphatic heterocycles. The minimum Gasteiger partial charge on any atom is -0.330 e. The SMILES string of the molecule is O=C(CCCCCc1ccc(N2C(=O)C=CC2=O)cc1)ON1C(=O)CCC1=O. The van der Waals surface area contributed by atoms with Crippen molar-refractivity contribution in [1.29, 1.82) is 0 Å². The van der Waals surface area contributed by atoms with Gasteiger partial charge in [0.2, 0.25) is 0 Å². The van der Waals surface area contributed by atoms with E-state index in [2.05, 4.69) is 0 Å². The van der Waals surface area contributed by atoms with E-state index in [1.165, 1.54) is 12.2 Å². The Morgan fingerprint density at radius 1 is 0.857 bits per heavy atom. The lowest BCUT2D eigenvalue weighted by atomic mass is 10.1. The van der Waals surface area contributed by atoms with Crippen molar-refractivity contribution in [2.45, 2.75) is 44.9 Å². The van der Waals surface area contributed by atoms with Crippen LogP contribution in [0.25, 0.3) is 0 Å². The van der Waals surface area contributed by atoms with Gasteiger partial charge in [0.25, 0.3) is 23.6 Å². The topological polar surface area (TPSA) is 101 Å². The average Bonchev–Trinajstić information content (AvgIpc) is 3.18. The van der Waals surface area contributed by atoms with Crippen molar-refractivity contribution in [3.8, 4) is 0 Å². The van der Waals surface area contributed by atoms with E-state index < -0.39 is 17.8 Å². The molecule has 1 aromatic rings. The highest BCUT2D eigenvalue weighted by Gasteiger charge is 2.32. The largest absolute Gasteiger partial charge is 0.333 e. The first-order valence-corrected chi connectivity index (χ1v) is 9.17. The second-order valence-corrected chi connectivity index (χ2v) is 6.62. The van der Waals surface area contributed by atoms with Gasteiger partial charge in [0.15, 0.2) is 0 Å². The second-order valence-electron chi connectivity index (χ2n) is 6.62. The molecule has 0 N–H and O–H groups in total. The van der Waals surface area contributed by atoms with E-state index in [0.717, 1.165) is 29.7 Å². The summed E-state index contributed by atoms with van der Waals surface area (Å²) in [6, 6.07) is 7.21. The Morgan fingerprint density at radius 2 is 1.46 bits per heavy atom. The van der Waals surface area contributed by atoms with E-state index in [9.17, 15) is 24.0 Å². The molecule has 2 heterocycles. The van der Waals surface area contributed by atoms with Crippen LogP contribution in [0.1, 0.15) is 44.1 Å². The highest BCUT2D eigenvalue weighted by molar-refractivity contribution is 6.28. The Kier molecular flexibility index (Phi) is 5.98. The predicted octanol–water partition coefficient (Wildman–Crippen LogP) is 1.83. The summed E-state index contributed by atoms with van der Waals surface area (Å²) in [5, 5.41) is 0.565. The van der Waals surface area contributed by atoms with Crippen molar-refractivity contribution in [1.82, 2.24) is 5.06 Å². The lowest BCUT2D eigenvalue weighted by Crippen LogP contribution is -2.31. The molecule has 2 aliphatic rings. The number of amides is 4. The van der Waals surface area contributed by atoms with E-state index in [-0.39, 0.29) is 31.1 Å². The minimum atomic E-state index is -0.582. The van der Waals surface area contributed by atoms with Crippen LogP contribution < -0.4 is 4.90 Å². The van der Waals surface area contributed by atoms with Crippen molar-refractivity contribution < 1.29 is 28.8 Å². The van der Waals surface area contributed by atoms with E-state index in [1.807, 2.05) is 12.1 Å². The summed E-state index contributed by atoms with van der Waals surface area (Å²) >= 11 is 0. The first-order chi connectivity index (χ1) is 13.5. The molecule has 8 nitrogen and oxygen atoms in total. The lowest BCUT2D eigenvalue weighted by Gasteiger charge is -2.14. The van der Waals surface area contributed by atoms with Crippen LogP contribution in [-0.4, -0.2) is 34.7 Å². The molecule has 1 aromatic carbocycles. The predicted molar refractivity (Wildman–Crippen MR) is 97.4 cm³/mol. The zero-order valence-electron chi connectivity index (χ0n) is 15.3. The van der Waals surface area contributed by atoms with Crippen LogP contribution in [0.3, 0.4) is 0 Å². The van der Waals surface area contributed by atoms with Crippen molar-refractivity contribution in [3.05, 3.63) is 42.0 Å². The minimum absolute atomic E-state index is 0.0848. The molecule has 146 valence electrons. The standard InChI is InChI=1S/C20H20N2O6/c23-16-10-11-17(24)21(16)15-8-6-14(7-9-15)4-2-1-3-5-20(27)28-22-18(25)12-13-19(22)26/h6-11H,1-5,12-13H2. The summed E-state index contributed by atoms with van der Waals surface area (Å²) < 4.78 is 0. The summed E-state index contributed by atoms with van der Waals surface area (Å²) in [7, 11) is 0. The zero-order chi connectivity index (χ0) is 20.1. The van der Waals surface area contributed by atoms with Gasteiger partial charge >= 0.3 is 5.97 Å². The summed E-state index contributed by atoms with van der Waals surface area (Å²) in [5.74, 6) is -2.23. The molecule has 1 saturated heterocycles. The van der Waals surface area contributed by atoms with Crippen LogP contribution in [0.5, 0.6) is 0 Å². The van der Waals surface area contributed by atoms with Crippen molar-refractivity contribution in [3.63, 3.8) is 0 Å². The van der Waals surface area contributed by atoms with Gasteiger partial charge in [0.05, 0.1) is 5.69 Å². The maximum Gasteiger partial charge on any atom is 0.333 e. The van der Waals surface area contributed by atoms with Crippen molar-refractivity contribution >= 4 is 35.3 Å². The van der Waals surface area contributed by atoms with E-state index in [4.69, 9.17) is 4.84 Å². The van der Waals surface area contributed by atoms with Crippen molar-refractivity contribution in [2.24, 2.45) is 0 Å². The maximum atomic E-state index is 11.7. The Hall–Kier alpha value is -3.29. The number of unbranched alkanes of at least 4 members (excludes halogenated alkanes) is 2. The van der Waals surface area contributed by atoms with Gasteiger partial charge in [0.1, 0.15) is 0 Å². The van der Waals surface area contributed by atoms with Gasteiger partial charge in [-0.2, -0.15) is 0 Å². The summed E-state index contributed by atoms with van der Waals surface area (Å²) in [6.07, 6.45) is 5.82. The first-order valence-electron chi connectivity index (χ1n) is 9.17. The molecule has 0 bridgehead atoms. The summed E-state index contributed by atoms with van der Waals surface area (Å²) in [6.45, 7) is 0. The van der Waals surface area contributed by atoms with Gasteiger partial charge in [-0.3, -0.25) is 19.2 Å². The molecule has 28 heavy (non-hydrogen) atoms. The Balaban J connectivity index is 1.36. The smallest absolute Gasteiger partial charge is 0.330 e. The maximum absolute atomic E-state index is 11.7. The number of aryl methyl sites for hydroxylation is 1. The fraction of sp³-hybridized carbons (Fsp3) is 0.350. The van der Waals surface area contributed by atoms with Gasteiger partial charge < -0.3 is 4.84 Å². The molecular weight excluding hydrogens is 364 g/mol. The van der Waals surface area contributed by atoms with Crippen LogP contribution in [0.15, 0.2) is 36.4 Å². The molecule has 0 aliphatic carbocycles. The molecule has 3 rings (SSSR count). The molecule has 0 unspecified atom stereocenters. The number of hydroxylamine groups is 2. The normalized spacial score (nSPS) is 16.4. The number of carbonyl (C=O) groups excluding carboxylic acids is 5. The molecule has 8 heteroatoms. The monoisotopic (exact) mass is 384 g/mol. The molecule has 0 aromatic heterocycles. The van der Waals surface area contributed by atoms with Gasteiger partial charge in [-0.25, -0.2) is 9.69 Å². The summed E-state index contributed by atoms with van der Waals surface area (Å²) in [5.41, 5.74) is 1.60. The fourth-order valence-electron chi connectivity index (χ4n) is 3.05. The molecule has 0 spiro atoms. The van der Waals surface area contributed by atoms with Gasteiger partial charge in [-0.15, -0.1) is 5.06 Å². The third kappa shape index (κ3) is 4.51. The summed E-state index contributed by atoms with van der Waals surface area (Å²) in [4.78, 5) is 63.7. The van der Waals surface area contributed by atoms with Crippen LogP contribution in [-0.2, 0) is 35.2 Å². The van der Waals surface area contributed by atoms with Crippen molar-refractivity contribution in [2.75, 3.05) is 4.90 Å². The molecule has 1 fully saturated rings. The quantitative estimate of drug-likeness (QED) is 0.501. The van der Waals surface area contributed by atoms with Crippen LogP contribution in [0.4, 0.5) is 5.69 Å². The van der Waals surface area contributed by atoms with E-state index in [1.54, 1.807) is 12.1 Å². The number of anilines is 1. The van der Waals surface area contributed by atoms with E-state index >= 15 is 0 Å². The molecule has 0 radical (unpaired) electrons. The Morgan fingerprint density at radius 3 is 2.07 bits per heavy atom. The lowest BCUT2D eigenvalue weighted by molar-refractivity contribution is -0.197. The third-order valence-corrected chi connectivity index (χ3v) is 4.55.